The van der Waals surface area contributed by atoms with Crippen LogP contribution in [0.3, 0.4) is 0 Å². The number of ether oxygens (including phenoxy) is 1. The van der Waals surface area contributed by atoms with E-state index in [2.05, 4.69) is 10.6 Å². The number of nitrogens with one attached hydrogen (secondary N) is 2. The van der Waals surface area contributed by atoms with E-state index in [4.69, 9.17) is 9.84 Å². The highest BCUT2D eigenvalue weighted by molar-refractivity contribution is 5.74. The van der Waals surface area contributed by atoms with Gasteiger partial charge in [0.25, 0.3) is 0 Å². The first-order valence-corrected chi connectivity index (χ1v) is 6.89. The van der Waals surface area contributed by atoms with Gasteiger partial charge in [-0.25, -0.2) is 4.79 Å². The van der Waals surface area contributed by atoms with Gasteiger partial charge in [0.05, 0.1) is 18.6 Å². The molecule has 0 aromatic rings. The maximum absolute atomic E-state index is 11.6. The lowest BCUT2D eigenvalue weighted by Gasteiger charge is -2.18. The number of aliphatic carboxylic acids is 1. The van der Waals surface area contributed by atoms with Crippen LogP contribution in [0.15, 0.2) is 0 Å². The van der Waals surface area contributed by atoms with E-state index < -0.39 is 5.97 Å². The average Bonchev–Trinajstić information content (AvgIpc) is 2.82. The molecule has 1 fully saturated rings. The summed E-state index contributed by atoms with van der Waals surface area (Å²) in [7, 11) is 0. The fourth-order valence-corrected chi connectivity index (χ4v) is 2.44. The highest BCUT2D eigenvalue weighted by atomic mass is 16.5. The van der Waals surface area contributed by atoms with Crippen molar-refractivity contribution < 1.29 is 19.4 Å². The Hall–Kier alpha value is -1.30. The first-order chi connectivity index (χ1) is 9.04. The van der Waals surface area contributed by atoms with Gasteiger partial charge in [0.1, 0.15) is 0 Å². The number of rotatable bonds is 7. The van der Waals surface area contributed by atoms with Gasteiger partial charge in [0.15, 0.2) is 0 Å². The van der Waals surface area contributed by atoms with Crippen molar-refractivity contribution >= 4 is 12.0 Å². The number of hydrogen-bond donors (Lipinski definition) is 3. The number of carboxylic acid groups (broad SMARTS) is 1. The molecular formula is C13H24N2O4. The van der Waals surface area contributed by atoms with Crippen molar-refractivity contribution in [3.8, 4) is 0 Å². The van der Waals surface area contributed by atoms with Crippen molar-refractivity contribution in [3.63, 3.8) is 0 Å². The van der Waals surface area contributed by atoms with Gasteiger partial charge in [-0.2, -0.15) is 0 Å². The molecule has 0 heterocycles. The topological polar surface area (TPSA) is 87.7 Å². The monoisotopic (exact) mass is 272 g/mol. The van der Waals surface area contributed by atoms with Gasteiger partial charge < -0.3 is 20.5 Å². The average molecular weight is 272 g/mol. The van der Waals surface area contributed by atoms with Gasteiger partial charge >= 0.3 is 12.0 Å². The van der Waals surface area contributed by atoms with Gasteiger partial charge in [0.2, 0.25) is 0 Å². The second kappa shape index (κ2) is 7.99. The van der Waals surface area contributed by atoms with E-state index in [1.165, 1.54) is 0 Å². The third kappa shape index (κ3) is 5.46. The molecule has 3 unspecified atom stereocenters. The molecule has 1 aliphatic rings. The Kier molecular flexibility index (Phi) is 6.62. The number of hydrogen-bond acceptors (Lipinski definition) is 3. The van der Waals surface area contributed by atoms with Crippen molar-refractivity contribution in [3.05, 3.63) is 0 Å². The summed E-state index contributed by atoms with van der Waals surface area (Å²) >= 11 is 0. The van der Waals surface area contributed by atoms with E-state index >= 15 is 0 Å². The van der Waals surface area contributed by atoms with Crippen LogP contribution >= 0.6 is 0 Å². The van der Waals surface area contributed by atoms with Crippen molar-refractivity contribution in [1.29, 1.82) is 0 Å². The molecule has 110 valence electrons. The Morgan fingerprint density at radius 3 is 2.79 bits per heavy atom. The number of carbonyl (C=O) groups excluding carboxylic acids is 1. The molecule has 2 amide bonds. The zero-order valence-corrected chi connectivity index (χ0v) is 11.6. The fourth-order valence-electron chi connectivity index (χ4n) is 2.44. The van der Waals surface area contributed by atoms with Crippen molar-refractivity contribution in [2.45, 2.75) is 39.2 Å². The molecule has 0 aromatic carbocycles. The molecule has 3 atom stereocenters. The highest BCUT2D eigenvalue weighted by Gasteiger charge is 2.32. The standard InChI is InChI=1S/C13H24N2O4/c1-3-19-8-9(2)15-13(18)14-7-10-5-4-6-11(10)12(16)17/h9-11H,3-8H2,1-2H3,(H,16,17)(H2,14,15,18). The lowest BCUT2D eigenvalue weighted by Crippen LogP contribution is -2.44. The Morgan fingerprint density at radius 2 is 2.16 bits per heavy atom. The molecule has 0 radical (unpaired) electrons. The lowest BCUT2D eigenvalue weighted by atomic mass is 9.96. The molecule has 3 N–H and O–H groups in total. The molecule has 0 saturated heterocycles. The van der Waals surface area contributed by atoms with Crippen molar-refractivity contribution in [2.24, 2.45) is 11.8 Å². The first-order valence-electron chi connectivity index (χ1n) is 6.89. The Labute approximate surface area is 113 Å². The minimum absolute atomic E-state index is 0.0467. The van der Waals surface area contributed by atoms with Crippen LogP contribution in [-0.4, -0.2) is 42.9 Å². The molecule has 1 saturated carbocycles. The maximum atomic E-state index is 11.6. The second-order valence-electron chi connectivity index (χ2n) is 5.05. The van der Waals surface area contributed by atoms with Crippen LogP contribution in [0.25, 0.3) is 0 Å². The van der Waals surface area contributed by atoms with Crippen LogP contribution in [-0.2, 0) is 9.53 Å². The summed E-state index contributed by atoms with van der Waals surface area (Å²) in [6, 6.07) is -0.318. The third-order valence-corrected chi connectivity index (χ3v) is 3.45. The lowest BCUT2D eigenvalue weighted by molar-refractivity contribution is -0.142. The summed E-state index contributed by atoms with van der Waals surface area (Å²) in [5, 5.41) is 14.6. The van der Waals surface area contributed by atoms with Crippen LogP contribution in [0.2, 0.25) is 0 Å². The summed E-state index contributed by atoms with van der Waals surface area (Å²) in [4.78, 5) is 22.6. The molecule has 0 spiro atoms. The van der Waals surface area contributed by atoms with Crippen LogP contribution in [0, 0.1) is 11.8 Å². The minimum Gasteiger partial charge on any atom is -0.481 e. The van der Waals surface area contributed by atoms with E-state index in [1.807, 2.05) is 13.8 Å². The number of carboxylic acids is 1. The predicted molar refractivity (Wildman–Crippen MR) is 71.0 cm³/mol. The van der Waals surface area contributed by atoms with Crippen molar-refractivity contribution in [1.82, 2.24) is 10.6 Å². The van der Waals surface area contributed by atoms with Gasteiger partial charge in [0, 0.05) is 13.2 Å². The Morgan fingerprint density at radius 1 is 1.42 bits per heavy atom. The molecule has 0 aliphatic heterocycles. The summed E-state index contributed by atoms with van der Waals surface area (Å²) < 4.78 is 5.20. The maximum Gasteiger partial charge on any atom is 0.315 e. The number of urea groups is 1. The van der Waals surface area contributed by atoms with Crippen LogP contribution in [0.1, 0.15) is 33.1 Å². The SMILES string of the molecule is CCOCC(C)NC(=O)NCC1CCCC1C(=O)O. The number of amides is 2. The normalized spacial score (nSPS) is 23.9. The minimum atomic E-state index is -0.755. The van der Waals surface area contributed by atoms with E-state index in [9.17, 15) is 9.59 Å². The summed E-state index contributed by atoms with van der Waals surface area (Å²) in [6.07, 6.45) is 2.50. The van der Waals surface area contributed by atoms with Gasteiger partial charge in [-0.1, -0.05) is 6.42 Å². The zero-order chi connectivity index (χ0) is 14.3. The molecule has 0 aromatic heterocycles. The molecule has 6 nitrogen and oxygen atoms in total. The molecule has 6 heteroatoms. The highest BCUT2D eigenvalue weighted by Crippen LogP contribution is 2.31. The van der Waals surface area contributed by atoms with Crippen LogP contribution in [0.4, 0.5) is 4.79 Å². The van der Waals surface area contributed by atoms with Gasteiger partial charge in [-0.05, 0) is 32.6 Å². The second-order valence-corrected chi connectivity index (χ2v) is 5.05. The zero-order valence-electron chi connectivity index (χ0n) is 11.6. The molecule has 19 heavy (non-hydrogen) atoms. The van der Waals surface area contributed by atoms with Crippen LogP contribution in [0.5, 0.6) is 0 Å². The largest absolute Gasteiger partial charge is 0.481 e. The van der Waals surface area contributed by atoms with Crippen molar-refractivity contribution in [2.75, 3.05) is 19.8 Å². The van der Waals surface area contributed by atoms with E-state index in [0.29, 0.717) is 26.2 Å². The third-order valence-electron chi connectivity index (χ3n) is 3.45. The quantitative estimate of drug-likeness (QED) is 0.650. The Balaban J connectivity index is 2.24. The summed E-state index contributed by atoms with van der Waals surface area (Å²) in [5.41, 5.74) is 0. The summed E-state index contributed by atoms with van der Waals surface area (Å²) in [5.74, 6) is -1.03. The van der Waals surface area contributed by atoms with E-state index in [1.54, 1.807) is 0 Å². The molecule has 1 rings (SSSR count). The molecular weight excluding hydrogens is 248 g/mol. The first kappa shape index (κ1) is 15.8. The number of carbonyl (C=O) groups is 2. The van der Waals surface area contributed by atoms with Gasteiger partial charge in [-0.15, -0.1) is 0 Å². The summed E-state index contributed by atoms with van der Waals surface area (Å²) in [6.45, 7) is 5.29. The smallest absolute Gasteiger partial charge is 0.315 e. The fraction of sp³-hybridized carbons (Fsp3) is 0.846. The molecule has 1 aliphatic carbocycles. The van der Waals surface area contributed by atoms with E-state index in [0.717, 1.165) is 12.8 Å². The molecule has 0 bridgehead atoms. The Bertz CT molecular complexity index is 309. The predicted octanol–water partition coefficient (Wildman–Crippen LogP) is 1.21. The van der Waals surface area contributed by atoms with E-state index in [-0.39, 0.29) is 23.9 Å². The van der Waals surface area contributed by atoms with Gasteiger partial charge in [-0.3, -0.25) is 4.79 Å². The van der Waals surface area contributed by atoms with Crippen LogP contribution < -0.4 is 10.6 Å².